The van der Waals surface area contributed by atoms with Crippen LogP contribution in [0.25, 0.3) is 5.76 Å². The minimum Gasteiger partial charge on any atom is -0.450 e. The maximum Gasteiger partial charge on any atom is 0.234 e. The highest BCUT2D eigenvalue weighted by molar-refractivity contribution is 5.72. The van der Waals surface area contributed by atoms with Crippen LogP contribution in [0.4, 0.5) is 5.82 Å². The zero-order chi connectivity index (χ0) is 12.5. The number of hydrogen-bond acceptors (Lipinski definition) is 4. The summed E-state index contributed by atoms with van der Waals surface area (Å²) in [6, 6.07) is 9.78. The average molecular weight is 241 g/mol. The highest BCUT2D eigenvalue weighted by Crippen LogP contribution is 2.34. The molecule has 1 aliphatic heterocycles. The molecule has 0 aliphatic carbocycles. The summed E-state index contributed by atoms with van der Waals surface area (Å²) in [5.41, 5.74) is 0.980. The third kappa shape index (κ3) is 1.66. The number of carbonyl (C=O) groups excluding carboxylic acids is 1. The summed E-state index contributed by atoms with van der Waals surface area (Å²) >= 11 is 0. The van der Waals surface area contributed by atoms with Crippen LogP contribution < -0.4 is 9.64 Å². The van der Waals surface area contributed by atoms with E-state index in [0.717, 1.165) is 11.3 Å². The number of hydrogen-bond donors (Lipinski definition) is 0. The van der Waals surface area contributed by atoms with Gasteiger partial charge in [-0.05, 0) is 0 Å². The van der Waals surface area contributed by atoms with Gasteiger partial charge in [0.1, 0.15) is 0 Å². The molecule has 0 N–H and O–H groups in total. The molecule has 1 aromatic heterocycles. The number of carbonyl (C=O) groups is 1. The lowest BCUT2D eigenvalue weighted by Gasteiger charge is -2.21. The number of fused-ring (bicyclic) bond motifs is 1. The monoisotopic (exact) mass is 241 g/mol. The Bertz CT molecular complexity index is 616. The highest BCUT2D eigenvalue weighted by Gasteiger charge is 2.21. The SMILES string of the molecule is CN1C=C(c2ccccc2)Oc2cn(C=O)nc21. The van der Waals surface area contributed by atoms with Crippen LogP contribution in [0.15, 0.2) is 42.7 Å². The minimum absolute atomic E-state index is 0.575. The zero-order valence-corrected chi connectivity index (χ0v) is 9.78. The van der Waals surface area contributed by atoms with Gasteiger partial charge < -0.3 is 9.64 Å². The van der Waals surface area contributed by atoms with Crippen LogP contribution >= 0.6 is 0 Å². The first kappa shape index (κ1) is 10.6. The second kappa shape index (κ2) is 4.03. The fraction of sp³-hybridized carbons (Fsp3) is 0.0769. The molecule has 18 heavy (non-hydrogen) atoms. The Morgan fingerprint density at radius 3 is 2.78 bits per heavy atom. The van der Waals surface area contributed by atoms with Crippen molar-refractivity contribution in [2.75, 3.05) is 11.9 Å². The maximum absolute atomic E-state index is 10.7. The first-order valence-electron chi connectivity index (χ1n) is 5.50. The Hall–Kier alpha value is -2.56. The molecular formula is C13H11N3O2. The van der Waals surface area contributed by atoms with E-state index < -0.39 is 0 Å². The van der Waals surface area contributed by atoms with E-state index in [-0.39, 0.29) is 0 Å². The number of rotatable bonds is 2. The lowest BCUT2D eigenvalue weighted by atomic mass is 10.2. The normalized spacial score (nSPS) is 13.6. The van der Waals surface area contributed by atoms with Crippen LogP contribution in [0.5, 0.6) is 5.75 Å². The van der Waals surface area contributed by atoms with Gasteiger partial charge in [0.2, 0.25) is 6.41 Å². The van der Waals surface area contributed by atoms with Crippen LogP contribution in [0, 0.1) is 0 Å². The van der Waals surface area contributed by atoms with Crippen LogP contribution in [0.2, 0.25) is 0 Å². The molecule has 0 saturated heterocycles. The summed E-state index contributed by atoms with van der Waals surface area (Å²) in [5, 5.41) is 4.08. The lowest BCUT2D eigenvalue weighted by Crippen LogP contribution is -2.16. The number of nitrogens with zero attached hydrogens (tertiary/aromatic N) is 3. The molecule has 0 spiro atoms. The predicted molar refractivity (Wildman–Crippen MR) is 67.8 cm³/mol. The highest BCUT2D eigenvalue weighted by atomic mass is 16.5. The van der Waals surface area contributed by atoms with Gasteiger partial charge in [0, 0.05) is 18.8 Å². The molecule has 0 amide bonds. The standard InChI is InChI=1S/C13H11N3O2/c1-15-7-11(10-5-3-2-4-6-10)18-12-8-16(9-17)14-13(12)15/h2-9H,1H3. The van der Waals surface area contributed by atoms with E-state index in [9.17, 15) is 4.79 Å². The summed E-state index contributed by atoms with van der Waals surface area (Å²) in [4.78, 5) is 12.5. The average Bonchev–Trinajstić information content (AvgIpc) is 2.83. The molecule has 2 heterocycles. The smallest absolute Gasteiger partial charge is 0.234 e. The van der Waals surface area contributed by atoms with Crippen LogP contribution in [0.1, 0.15) is 5.56 Å². The Morgan fingerprint density at radius 1 is 1.28 bits per heavy atom. The summed E-state index contributed by atoms with van der Waals surface area (Å²) in [6.45, 7) is 0. The number of anilines is 1. The van der Waals surface area contributed by atoms with Gasteiger partial charge in [0.15, 0.2) is 17.3 Å². The lowest BCUT2D eigenvalue weighted by molar-refractivity contribution is 0.505. The van der Waals surface area contributed by atoms with Crippen molar-refractivity contribution in [2.45, 2.75) is 0 Å². The first-order valence-corrected chi connectivity index (χ1v) is 5.50. The molecule has 5 nitrogen and oxygen atoms in total. The van der Waals surface area contributed by atoms with Gasteiger partial charge in [-0.25, -0.2) is 4.68 Å². The second-order valence-corrected chi connectivity index (χ2v) is 3.97. The van der Waals surface area contributed by atoms with Crippen molar-refractivity contribution in [1.29, 1.82) is 0 Å². The van der Waals surface area contributed by atoms with Crippen LogP contribution in [-0.4, -0.2) is 23.2 Å². The zero-order valence-electron chi connectivity index (χ0n) is 9.78. The van der Waals surface area contributed by atoms with Crippen molar-refractivity contribution in [3.63, 3.8) is 0 Å². The van der Waals surface area contributed by atoms with E-state index in [4.69, 9.17) is 4.74 Å². The van der Waals surface area contributed by atoms with Gasteiger partial charge >= 0.3 is 0 Å². The Balaban J connectivity index is 2.00. The molecule has 2 aromatic rings. The fourth-order valence-corrected chi connectivity index (χ4v) is 1.85. The van der Waals surface area contributed by atoms with Crippen LogP contribution in [-0.2, 0) is 4.79 Å². The third-order valence-corrected chi connectivity index (χ3v) is 2.71. The molecule has 0 fully saturated rings. The molecular weight excluding hydrogens is 230 g/mol. The third-order valence-electron chi connectivity index (χ3n) is 2.71. The van der Waals surface area contributed by atoms with Gasteiger partial charge in [-0.2, -0.15) is 0 Å². The molecule has 1 aromatic carbocycles. The number of aromatic nitrogens is 2. The van der Waals surface area contributed by atoms with Crippen LogP contribution in [0.3, 0.4) is 0 Å². The summed E-state index contributed by atoms with van der Waals surface area (Å²) in [5.74, 6) is 1.93. The predicted octanol–water partition coefficient (Wildman–Crippen LogP) is 1.75. The van der Waals surface area contributed by atoms with Gasteiger partial charge in [-0.3, -0.25) is 4.79 Å². The Kier molecular flexibility index (Phi) is 2.37. The van der Waals surface area contributed by atoms with Gasteiger partial charge in [-0.15, -0.1) is 5.10 Å². The molecule has 5 heteroatoms. The molecule has 1 aliphatic rings. The second-order valence-electron chi connectivity index (χ2n) is 3.97. The molecule has 0 atom stereocenters. The number of benzene rings is 1. The summed E-state index contributed by atoms with van der Waals surface area (Å²) in [6.07, 6.45) is 4.05. The van der Waals surface area contributed by atoms with Crippen molar-refractivity contribution in [2.24, 2.45) is 0 Å². The van der Waals surface area contributed by atoms with Gasteiger partial charge in [0.25, 0.3) is 0 Å². The summed E-state index contributed by atoms with van der Waals surface area (Å²) in [7, 11) is 1.87. The maximum atomic E-state index is 10.7. The van der Waals surface area contributed by atoms with Crippen molar-refractivity contribution < 1.29 is 9.53 Å². The Labute approximate surface area is 104 Å². The van der Waals surface area contributed by atoms with E-state index in [1.807, 2.05) is 48.5 Å². The Morgan fingerprint density at radius 2 is 2.06 bits per heavy atom. The molecule has 0 radical (unpaired) electrons. The van der Waals surface area contributed by atoms with Gasteiger partial charge in [-0.1, -0.05) is 30.3 Å². The molecule has 0 unspecified atom stereocenters. The van der Waals surface area contributed by atoms with E-state index in [1.165, 1.54) is 4.68 Å². The van der Waals surface area contributed by atoms with E-state index in [0.29, 0.717) is 18.0 Å². The number of ether oxygens (including phenoxy) is 1. The van der Waals surface area contributed by atoms with Crippen molar-refractivity contribution in [3.8, 4) is 5.75 Å². The fourth-order valence-electron chi connectivity index (χ4n) is 1.85. The van der Waals surface area contributed by atoms with E-state index in [2.05, 4.69) is 5.10 Å². The van der Waals surface area contributed by atoms with Crippen molar-refractivity contribution in [1.82, 2.24) is 9.78 Å². The van der Waals surface area contributed by atoms with E-state index >= 15 is 0 Å². The summed E-state index contributed by atoms with van der Waals surface area (Å²) < 4.78 is 6.95. The van der Waals surface area contributed by atoms with Gasteiger partial charge in [0.05, 0.1) is 6.20 Å². The molecule has 0 bridgehead atoms. The molecule has 0 saturated carbocycles. The minimum atomic E-state index is 0.575. The van der Waals surface area contributed by atoms with E-state index in [1.54, 1.807) is 6.20 Å². The quantitative estimate of drug-likeness (QED) is 0.751. The molecule has 3 rings (SSSR count). The topological polar surface area (TPSA) is 47.4 Å². The van der Waals surface area contributed by atoms with Crippen molar-refractivity contribution >= 4 is 18.0 Å². The van der Waals surface area contributed by atoms with Crippen molar-refractivity contribution in [3.05, 3.63) is 48.3 Å². The first-order chi connectivity index (χ1) is 8.78. The largest absolute Gasteiger partial charge is 0.450 e. The molecule has 90 valence electrons.